The number of rotatable bonds is 9. The van der Waals surface area contributed by atoms with Gasteiger partial charge in [0.2, 0.25) is 0 Å². The van der Waals surface area contributed by atoms with Crippen LogP contribution in [0.2, 0.25) is 5.02 Å². The molecular weight excluding hydrogens is 404 g/mol. The van der Waals surface area contributed by atoms with Gasteiger partial charge in [0.1, 0.15) is 18.1 Å². The van der Waals surface area contributed by atoms with Crippen molar-refractivity contribution in [2.45, 2.75) is 11.8 Å². The molecule has 2 aromatic heterocycles. The molecule has 0 saturated carbocycles. The van der Waals surface area contributed by atoms with E-state index in [1.54, 1.807) is 49.3 Å². The number of thioether (sulfide) groups is 1. The molecule has 3 aromatic rings. The van der Waals surface area contributed by atoms with Crippen molar-refractivity contribution < 1.29 is 18.8 Å². The van der Waals surface area contributed by atoms with Crippen LogP contribution in [0.25, 0.3) is 0 Å². The minimum Gasteiger partial charge on any atom is -0.497 e. The van der Waals surface area contributed by atoms with Gasteiger partial charge in [-0.3, -0.25) is 4.79 Å². The van der Waals surface area contributed by atoms with Gasteiger partial charge >= 0.3 is 0 Å². The minimum absolute atomic E-state index is 0.0986. The van der Waals surface area contributed by atoms with Crippen LogP contribution in [0.1, 0.15) is 16.2 Å². The molecule has 1 aromatic carbocycles. The fourth-order valence-electron chi connectivity index (χ4n) is 2.25. The van der Waals surface area contributed by atoms with Gasteiger partial charge in [-0.05, 0) is 12.1 Å². The van der Waals surface area contributed by atoms with Crippen molar-refractivity contribution in [3.8, 4) is 11.5 Å². The van der Waals surface area contributed by atoms with Gasteiger partial charge in [0.25, 0.3) is 5.91 Å². The average Bonchev–Trinajstić information content (AvgIpc) is 3.33. The van der Waals surface area contributed by atoms with Crippen LogP contribution in [0.15, 0.2) is 46.3 Å². The predicted octanol–water partition coefficient (Wildman–Crippen LogP) is 3.17. The van der Waals surface area contributed by atoms with Crippen molar-refractivity contribution in [2.24, 2.45) is 7.05 Å². The predicted molar refractivity (Wildman–Crippen MR) is 105 cm³/mol. The molecule has 1 N–H and O–H groups in total. The Morgan fingerprint density at radius 3 is 2.96 bits per heavy atom. The number of methoxy groups -OCH3 is 1. The molecule has 3 rings (SSSR count). The van der Waals surface area contributed by atoms with Crippen LogP contribution in [-0.2, 0) is 13.7 Å². The van der Waals surface area contributed by atoms with Crippen molar-refractivity contribution in [3.05, 3.63) is 53.1 Å². The molecule has 0 radical (unpaired) electrons. The number of carbonyl (C=O) groups excluding carboxylic acids is 1. The average molecular weight is 423 g/mol. The van der Waals surface area contributed by atoms with E-state index < -0.39 is 0 Å². The summed E-state index contributed by atoms with van der Waals surface area (Å²) in [6.45, 7) is 0.581. The first-order chi connectivity index (χ1) is 13.6. The number of ether oxygens (including phenoxy) is 2. The summed E-state index contributed by atoms with van der Waals surface area (Å²) in [5, 5.41) is 7.89. The summed E-state index contributed by atoms with van der Waals surface area (Å²) in [6, 6.07) is 6.63. The van der Waals surface area contributed by atoms with Crippen molar-refractivity contribution in [1.29, 1.82) is 0 Å². The lowest BCUT2D eigenvalue weighted by Gasteiger charge is -2.07. The highest BCUT2D eigenvalue weighted by atomic mass is 35.5. The fourth-order valence-corrected chi connectivity index (χ4v) is 3.26. The highest BCUT2D eigenvalue weighted by Gasteiger charge is 2.13. The Morgan fingerprint density at radius 1 is 1.39 bits per heavy atom. The maximum atomic E-state index is 12.1. The van der Waals surface area contributed by atoms with Gasteiger partial charge in [0, 0.05) is 43.9 Å². The Hall–Kier alpha value is -2.65. The molecule has 1 amide bonds. The number of aromatic nitrogens is 3. The lowest BCUT2D eigenvalue weighted by Crippen LogP contribution is -2.26. The summed E-state index contributed by atoms with van der Waals surface area (Å²) in [5.74, 6) is 1.92. The maximum Gasteiger partial charge on any atom is 0.273 e. The molecule has 0 aliphatic heterocycles. The van der Waals surface area contributed by atoms with Gasteiger partial charge in [-0.2, -0.15) is 0 Å². The Morgan fingerprint density at radius 2 is 2.25 bits per heavy atom. The van der Waals surface area contributed by atoms with Crippen LogP contribution in [0, 0.1) is 0 Å². The van der Waals surface area contributed by atoms with E-state index in [4.69, 9.17) is 25.6 Å². The van der Waals surface area contributed by atoms with Crippen molar-refractivity contribution in [2.75, 3.05) is 19.4 Å². The fraction of sp³-hybridized carbons (Fsp3) is 0.278. The number of benzene rings is 1. The number of hydrogen-bond acceptors (Lipinski definition) is 7. The smallest absolute Gasteiger partial charge is 0.273 e. The van der Waals surface area contributed by atoms with Crippen LogP contribution >= 0.6 is 23.4 Å². The Labute approximate surface area is 171 Å². The standard InChI is InChI=1S/C18H19ClN4O4S/c1-23-7-5-21-18(23)28-8-6-20-17(24)15-10-13(27-22-15)11-26-16-4-3-12(25-2)9-14(16)19/h3-5,7,9-10H,6,8,11H2,1-2H3,(H,20,24). The topological polar surface area (TPSA) is 91.4 Å². The lowest BCUT2D eigenvalue weighted by atomic mass is 10.3. The summed E-state index contributed by atoms with van der Waals surface area (Å²) in [5.41, 5.74) is 0.196. The number of hydrogen-bond donors (Lipinski definition) is 1. The van der Waals surface area contributed by atoms with E-state index in [9.17, 15) is 4.79 Å². The monoisotopic (exact) mass is 422 g/mol. The molecule has 28 heavy (non-hydrogen) atoms. The van der Waals surface area contributed by atoms with Gasteiger partial charge in [0.05, 0.1) is 12.1 Å². The Kier molecular flexibility index (Phi) is 6.83. The third kappa shape index (κ3) is 5.20. The van der Waals surface area contributed by atoms with Crippen molar-refractivity contribution in [1.82, 2.24) is 20.0 Å². The molecule has 148 valence electrons. The molecule has 0 aliphatic rings. The largest absolute Gasteiger partial charge is 0.497 e. The van der Waals surface area contributed by atoms with Crippen LogP contribution in [-0.4, -0.2) is 40.0 Å². The van der Waals surface area contributed by atoms with E-state index >= 15 is 0 Å². The SMILES string of the molecule is COc1ccc(OCc2cc(C(=O)NCCSc3nccn3C)no2)c(Cl)c1. The number of aryl methyl sites for hydroxylation is 1. The maximum absolute atomic E-state index is 12.1. The first-order valence-corrected chi connectivity index (χ1v) is 9.73. The zero-order chi connectivity index (χ0) is 19.9. The second-order valence-electron chi connectivity index (χ2n) is 5.69. The molecule has 0 aliphatic carbocycles. The third-order valence-corrected chi connectivity index (χ3v) is 5.05. The molecule has 0 spiro atoms. The summed E-state index contributed by atoms with van der Waals surface area (Å²) < 4.78 is 17.8. The molecule has 8 nitrogen and oxygen atoms in total. The molecule has 0 atom stereocenters. The van der Waals surface area contributed by atoms with Gasteiger partial charge in [0.15, 0.2) is 16.6 Å². The highest BCUT2D eigenvalue weighted by molar-refractivity contribution is 7.99. The molecule has 0 unspecified atom stereocenters. The van der Waals surface area contributed by atoms with Crippen LogP contribution in [0.3, 0.4) is 0 Å². The minimum atomic E-state index is -0.307. The van der Waals surface area contributed by atoms with Crippen molar-refractivity contribution in [3.63, 3.8) is 0 Å². The molecule has 0 fully saturated rings. The van der Waals surface area contributed by atoms with E-state index in [1.807, 2.05) is 17.8 Å². The zero-order valence-corrected chi connectivity index (χ0v) is 16.9. The number of imidazole rings is 1. The normalized spacial score (nSPS) is 10.7. The van der Waals surface area contributed by atoms with Gasteiger partial charge in [-0.15, -0.1) is 0 Å². The number of nitrogens with zero attached hydrogens (tertiary/aromatic N) is 3. The zero-order valence-electron chi connectivity index (χ0n) is 15.3. The molecule has 0 bridgehead atoms. The molecule has 10 heteroatoms. The van der Waals surface area contributed by atoms with E-state index in [-0.39, 0.29) is 18.2 Å². The Balaban J connectivity index is 1.45. The van der Waals surface area contributed by atoms with E-state index in [0.717, 1.165) is 5.16 Å². The van der Waals surface area contributed by atoms with E-state index in [2.05, 4.69) is 15.5 Å². The van der Waals surface area contributed by atoms with Gasteiger partial charge in [-0.25, -0.2) is 4.98 Å². The second-order valence-corrected chi connectivity index (χ2v) is 7.16. The quantitative estimate of drug-likeness (QED) is 0.418. The van der Waals surface area contributed by atoms with Crippen LogP contribution < -0.4 is 14.8 Å². The van der Waals surface area contributed by atoms with Crippen LogP contribution in [0.5, 0.6) is 11.5 Å². The van der Waals surface area contributed by atoms with Crippen molar-refractivity contribution >= 4 is 29.3 Å². The number of carbonyl (C=O) groups is 1. The van der Waals surface area contributed by atoms with Gasteiger partial charge < -0.3 is 23.9 Å². The Bertz CT molecular complexity index is 943. The van der Waals surface area contributed by atoms with E-state index in [0.29, 0.717) is 34.6 Å². The first-order valence-electron chi connectivity index (χ1n) is 8.37. The van der Waals surface area contributed by atoms with Gasteiger partial charge in [-0.1, -0.05) is 28.5 Å². The number of nitrogens with one attached hydrogen (secondary N) is 1. The highest BCUT2D eigenvalue weighted by Crippen LogP contribution is 2.29. The summed E-state index contributed by atoms with van der Waals surface area (Å²) >= 11 is 7.68. The van der Waals surface area contributed by atoms with Crippen LogP contribution in [0.4, 0.5) is 0 Å². The first kappa shape index (κ1) is 20.1. The lowest BCUT2D eigenvalue weighted by molar-refractivity contribution is 0.0947. The number of halogens is 1. The number of amides is 1. The summed E-state index contributed by atoms with van der Waals surface area (Å²) in [4.78, 5) is 16.4. The molecule has 2 heterocycles. The molecule has 0 saturated heterocycles. The van der Waals surface area contributed by atoms with E-state index in [1.165, 1.54) is 0 Å². The summed E-state index contributed by atoms with van der Waals surface area (Å²) in [7, 11) is 3.48. The summed E-state index contributed by atoms with van der Waals surface area (Å²) in [6.07, 6.45) is 3.61. The second kappa shape index (κ2) is 9.52. The molecular formula is C18H19ClN4O4S. The third-order valence-electron chi connectivity index (χ3n) is 3.70.